The number of hydrogen-bond donors (Lipinski definition) is 2. The van der Waals surface area contributed by atoms with Gasteiger partial charge in [0.2, 0.25) is 10.0 Å². The van der Waals surface area contributed by atoms with Gasteiger partial charge in [0, 0.05) is 12.6 Å². The Balaban J connectivity index is 2.29. The van der Waals surface area contributed by atoms with E-state index in [-0.39, 0.29) is 6.04 Å². The molecule has 1 atom stereocenters. The molecule has 4 nitrogen and oxygen atoms in total. The first-order valence-corrected chi connectivity index (χ1v) is 8.41. The second kappa shape index (κ2) is 6.85. The average molecular weight is 304 g/mol. The van der Waals surface area contributed by atoms with Crippen LogP contribution in [0.5, 0.6) is 0 Å². The molecule has 3 N–H and O–H groups in total. The summed E-state index contributed by atoms with van der Waals surface area (Å²) in [4.78, 5) is 0.304. The fourth-order valence-corrected chi connectivity index (χ4v) is 3.55. The molecule has 0 radical (unpaired) electrons. The fourth-order valence-electron chi connectivity index (χ4n) is 2.26. The van der Waals surface area contributed by atoms with Gasteiger partial charge in [-0.1, -0.05) is 55.5 Å². The highest BCUT2D eigenvalue weighted by molar-refractivity contribution is 7.89. The predicted octanol–water partition coefficient (Wildman–Crippen LogP) is 2.23. The Bertz CT molecular complexity index is 684. The summed E-state index contributed by atoms with van der Waals surface area (Å²) in [6.45, 7) is 2.12. The minimum atomic E-state index is -3.47. The van der Waals surface area contributed by atoms with Crippen molar-refractivity contribution in [3.63, 3.8) is 0 Å². The summed E-state index contributed by atoms with van der Waals surface area (Å²) in [5, 5.41) is 0. The molecule has 0 spiro atoms. The molecule has 0 fully saturated rings. The monoisotopic (exact) mass is 304 g/mol. The minimum absolute atomic E-state index is 0.232. The molecule has 1 unspecified atom stereocenters. The molecule has 0 aliphatic rings. The number of nitrogens with one attached hydrogen (secondary N) is 1. The van der Waals surface area contributed by atoms with E-state index in [4.69, 9.17) is 5.73 Å². The van der Waals surface area contributed by atoms with E-state index in [2.05, 4.69) is 4.72 Å². The van der Waals surface area contributed by atoms with Crippen LogP contribution in [0.1, 0.15) is 24.1 Å². The summed E-state index contributed by atoms with van der Waals surface area (Å²) in [7, 11) is -3.47. The van der Waals surface area contributed by atoms with Gasteiger partial charge in [0.15, 0.2) is 0 Å². The third-order valence-corrected chi connectivity index (χ3v) is 4.91. The largest absolute Gasteiger partial charge is 0.324 e. The van der Waals surface area contributed by atoms with Crippen molar-refractivity contribution in [2.75, 3.05) is 6.54 Å². The standard InChI is InChI=1S/C16H20N2O2S/c1-2-18-21(19,20)16-11-7-6-10-14(16)12-15(17)13-8-4-3-5-9-13/h3-11,15,18H,2,12,17H2,1H3. The lowest BCUT2D eigenvalue weighted by molar-refractivity contribution is 0.581. The lowest BCUT2D eigenvalue weighted by Gasteiger charge is -2.15. The van der Waals surface area contributed by atoms with Crippen molar-refractivity contribution in [1.82, 2.24) is 4.72 Å². The molecule has 21 heavy (non-hydrogen) atoms. The Morgan fingerprint density at radius 1 is 1.05 bits per heavy atom. The molecule has 5 heteroatoms. The molecule has 0 saturated carbocycles. The summed E-state index contributed by atoms with van der Waals surface area (Å²) >= 11 is 0. The number of rotatable bonds is 6. The van der Waals surface area contributed by atoms with Gasteiger partial charge in [-0.3, -0.25) is 0 Å². The fraction of sp³-hybridized carbons (Fsp3) is 0.250. The van der Waals surface area contributed by atoms with Gasteiger partial charge >= 0.3 is 0 Å². The highest BCUT2D eigenvalue weighted by Gasteiger charge is 2.18. The van der Waals surface area contributed by atoms with Crippen LogP contribution in [0.25, 0.3) is 0 Å². The summed E-state index contributed by atoms with van der Waals surface area (Å²) in [5.41, 5.74) is 7.92. The molecular weight excluding hydrogens is 284 g/mol. The number of sulfonamides is 1. The maximum Gasteiger partial charge on any atom is 0.240 e. The van der Waals surface area contributed by atoms with E-state index < -0.39 is 10.0 Å². The molecule has 0 aliphatic heterocycles. The van der Waals surface area contributed by atoms with Gasteiger partial charge in [0.05, 0.1) is 4.90 Å². The minimum Gasteiger partial charge on any atom is -0.324 e. The highest BCUT2D eigenvalue weighted by Crippen LogP contribution is 2.21. The smallest absolute Gasteiger partial charge is 0.240 e. The molecule has 112 valence electrons. The lowest BCUT2D eigenvalue weighted by Crippen LogP contribution is -2.25. The molecule has 2 aromatic carbocycles. The van der Waals surface area contributed by atoms with E-state index in [1.807, 2.05) is 42.5 Å². The average Bonchev–Trinajstić information content (AvgIpc) is 2.48. The lowest BCUT2D eigenvalue weighted by atomic mass is 10.00. The predicted molar refractivity (Wildman–Crippen MR) is 84.4 cm³/mol. The van der Waals surface area contributed by atoms with Crippen LogP contribution in [0.4, 0.5) is 0 Å². The highest BCUT2D eigenvalue weighted by atomic mass is 32.2. The Kier molecular flexibility index (Phi) is 5.12. The second-order valence-corrected chi connectivity index (χ2v) is 6.57. The number of benzene rings is 2. The Morgan fingerprint density at radius 3 is 2.33 bits per heavy atom. The molecule has 0 bridgehead atoms. The molecule has 2 aromatic rings. The first-order valence-electron chi connectivity index (χ1n) is 6.92. The van der Waals surface area contributed by atoms with E-state index in [0.29, 0.717) is 17.9 Å². The van der Waals surface area contributed by atoms with E-state index in [1.165, 1.54) is 0 Å². The Morgan fingerprint density at radius 2 is 1.67 bits per heavy atom. The Labute approximate surface area is 126 Å². The zero-order valence-corrected chi connectivity index (χ0v) is 12.8. The van der Waals surface area contributed by atoms with Crippen molar-refractivity contribution in [1.29, 1.82) is 0 Å². The molecule has 0 amide bonds. The number of nitrogens with two attached hydrogens (primary N) is 1. The summed E-state index contributed by atoms with van der Waals surface area (Å²) in [6, 6.07) is 16.4. The molecule has 0 saturated heterocycles. The molecule has 0 heterocycles. The van der Waals surface area contributed by atoms with E-state index in [9.17, 15) is 8.42 Å². The van der Waals surface area contributed by atoms with Crippen molar-refractivity contribution in [3.8, 4) is 0 Å². The third-order valence-electron chi connectivity index (χ3n) is 3.26. The summed E-state index contributed by atoms with van der Waals surface area (Å²) in [5.74, 6) is 0. The van der Waals surface area contributed by atoms with Crippen LogP contribution < -0.4 is 10.5 Å². The van der Waals surface area contributed by atoms with Crippen molar-refractivity contribution in [3.05, 3.63) is 65.7 Å². The number of hydrogen-bond acceptors (Lipinski definition) is 3. The van der Waals surface area contributed by atoms with Crippen molar-refractivity contribution >= 4 is 10.0 Å². The zero-order chi connectivity index (χ0) is 15.3. The maximum atomic E-state index is 12.2. The van der Waals surface area contributed by atoms with Crippen LogP contribution >= 0.6 is 0 Å². The SMILES string of the molecule is CCNS(=O)(=O)c1ccccc1CC(N)c1ccccc1. The van der Waals surface area contributed by atoms with Crippen LogP contribution in [-0.2, 0) is 16.4 Å². The van der Waals surface area contributed by atoms with Gasteiger partial charge < -0.3 is 5.73 Å². The first-order chi connectivity index (χ1) is 10.0. The molecule has 0 aliphatic carbocycles. The van der Waals surface area contributed by atoms with Crippen molar-refractivity contribution < 1.29 is 8.42 Å². The van der Waals surface area contributed by atoms with Crippen LogP contribution in [0.15, 0.2) is 59.5 Å². The summed E-state index contributed by atoms with van der Waals surface area (Å²) in [6.07, 6.45) is 0.477. The van der Waals surface area contributed by atoms with Gasteiger partial charge in [-0.05, 0) is 23.6 Å². The first kappa shape index (κ1) is 15.7. The van der Waals surface area contributed by atoms with Crippen LogP contribution in [0.3, 0.4) is 0 Å². The van der Waals surface area contributed by atoms with Gasteiger partial charge in [0.25, 0.3) is 0 Å². The molecule has 0 aromatic heterocycles. The van der Waals surface area contributed by atoms with Gasteiger partial charge in [-0.15, -0.1) is 0 Å². The van der Waals surface area contributed by atoms with Gasteiger partial charge in [0.1, 0.15) is 0 Å². The van der Waals surface area contributed by atoms with Gasteiger partial charge in [-0.25, -0.2) is 13.1 Å². The van der Waals surface area contributed by atoms with E-state index >= 15 is 0 Å². The van der Waals surface area contributed by atoms with Gasteiger partial charge in [-0.2, -0.15) is 0 Å². The Hall–Kier alpha value is -1.69. The van der Waals surface area contributed by atoms with E-state index in [0.717, 1.165) is 11.1 Å². The quantitative estimate of drug-likeness (QED) is 0.859. The summed E-state index contributed by atoms with van der Waals surface area (Å²) < 4.78 is 27.0. The van der Waals surface area contributed by atoms with Crippen molar-refractivity contribution in [2.45, 2.75) is 24.3 Å². The van der Waals surface area contributed by atoms with Crippen LogP contribution in [-0.4, -0.2) is 15.0 Å². The normalized spacial score (nSPS) is 13.0. The van der Waals surface area contributed by atoms with E-state index in [1.54, 1.807) is 19.1 Å². The zero-order valence-electron chi connectivity index (χ0n) is 12.0. The van der Waals surface area contributed by atoms with Crippen LogP contribution in [0, 0.1) is 0 Å². The third kappa shape index (κ3) is 3.91. The molecule has 2 rings (SSSR count). The maximum absolute atomic E-state index is 12.2. The second-order valence-electron chi connectivity index (χ2n) is 4.83. The van der Waals surface area contributed by atoms with Crippen molar-refractivity contribution in [2.24, 2.45) is 5.73 Å². The molecular formula is C16H20N2O2S. The van der Waals surface area contributed by atoms with Crippen LogP contribution in [0.2, 0.25) is 0 Å². The topological polar surface area (TPSA) is 72.2 Å².